The Morgan fingerprint density at radius 3 is 2.57 bits per heavy atom. The Kier molecular flexibility index (Phi) is 2.54. The second kappa shape index (κ2) is 3.55. The molecule has 76 valence electrons. The number of phenols is 1. The zero-order valence-electron chi connectivity index (χ0n) is 7.83. The monoisotopic (exact) mass is 256 g/mol. The molecular formula is C11H13BrO2. The van der Waals surface area contributed by atoms with Crippen LogP contribution in [-0.4, -0.2) is 16.8 Å². The van der Waals surface area contributed by atoms with Gasteiger partial charge in [-0.05, 0) is 42.4 Å². The van der Waals surface area contributed by atoms with Crippen molar-refractivity contribution in [3.8, 4) is 5.75 Å². The predicted molar refractivity (Wildman–Crippen MR) is 58.3 cm³/mol. The van der Waals surface area contributed by atoms with Crippen molar-refractivity contribution >= 4 is 15.9 Å². The van der Waals surface area contributed by atoms with Crippen LogP contribution in [0.15, 0.2) is 22.7 Å². The molecule has 0 unspecified atom stereocenters. The van der Waals surface area contributed by atoms with E-state index in [9.17, 15) is 10.2 Å². The van der Waals surface area contributed by atoms with Crippen LogP contribution in [0, 0.1) is 5.41 Å². The standard InChI is InChI=1S/C11H13BrO2/c12-9-2-1-8(10(14)5-9)6-11(7-13)3-4-11/h1-2,5,13-14H,3-4,6-7H2. The minimum Gasteiger partial charge on any atom is -0.508 e. The minimum atomic E-state index is 0.0608. The summed E-state index contributed by atoms with van der Waals surface area (Å²) >= 11 is 3.30. The maximum Gasteiger partial charge on any atom is 0.119 e. The smallest absolute Gasteiger partial charge is 0.119 e. The number of aliphatic hydroxyl groups is 1. The number of aliphatic hydroxyl groups excluding tert-OH is 1. The summed E-state index contributed by atoms with van der Waals surface area (Å²) in [6.07, 6.45) is 2.92. The van der Waals surface area contributed by atoms with Gasteiger partial charge in [0.1, 0.15) is 5.75 Å². The van der Waals surface area contributed by atoms with Crippen LogP contribution in [0.4, 0.5) is 0 Å². The van der Waals surface area contributed by atoms with Crippen LogP contribution < -0.4 is 0 Å². The van der Waals surface area contributed by atoms with Gasteiger partial charge in [0.25, 0.3) is 0 Å². The highest BCUT2D eigenvalue weighted by Crippen LogP contribution is 2.48. The molecule has 1 aliphatic rings. The van der Waals surface area contributed by atoms with Crippen LogP contribution in [0.5, 0.6) is 5.75 Å². The molecule has 1 saturated carbocycles. The first-order valence-corrected chi connectivity index (χ1v) is 5.53. The number of benzene rings is 1. The Hall–Kier alpha value is -0.540. The fourth-order valence-electron chi connectivity index (χ4n) is 1.66. The Morgan fingerprint density at radius 1 is 1.36 bits per heavy atom. The average Bonchev–Trinajstić information content (AvgIpc) is 2.91. The lowest BCUT2D eigenvalue weighted by molar-refractivity contribution is 0.210. The van der Waals surface area contributed by atoms with Crippen LogP contribution in [-0.2, 0) is 6.42 Å². The first kappa shape index (κ1) is 9.99. The molecule has 0 aliphatic heterocycles. The molecule has 0 amide bonds. The zero-order valence-corrected chi connectivity index (χ0v) is 9.42. The summed E-state index contributed by atoms with van der Waals surface area (Å²) in [5.74, 6) is 0.319. The lowest BCUT2D eigenvalue weighted by Gasteiger charge is -2.12. The third-order valence-corrected chi connectivity index (χ3v) is 3.40. The number of halogens is 1. The van der Waals surface area contributed by atoms with Crippen molar-refractivity contribution in [3.05, 3.63) is 28.2 Å². The molecule has 2 rings (SSSR count). The van der Waals surface area contributed by atoms with Crippen molar-refractivity contribution in [2.24, 2.45) is 5.41 Å². The Labute approximate surface area is 91.7 Å². The van der Waals surface area contributed by atoms with Crippen LogP contribution in [0.2, 0.25) is 0 Å². The molecule has 0 heterocycles. The summed E-state index contributed by atoms with van der Waals surface area (Å²) in [5, 5.41) is 18.8. The highest BCUT2D eigenvalue weighted by molar-refractivity contribution is 9.10. The number of hydrogen-bond donors (Lipinski definition) is 2. The van der Waals surface area contributed by atoms with Gasteiger partial charge in [-0.15, -0.1) is 0 Å². The van der Waals surface area contributed by atoms with Crippen molar-refractivity contribution in [1.82, 2.24) is 0 Å². The summed E-state index contributed by atoms with van der Waals surface area (Å²) in [6.45, 7) is 0.225. The first-order valence-electron chi connectivity index (χ1n) is 4.73. The lowest BCUT2D eigenvalue weighted by atomic mass is 9.97. The molecule has 1 aromatic carbocycles. The van der Waals surface area contributed by atoms with E-state index in [0.29, 0.717) is 5.75 Å². The third kappa shape index (κ3) is 1.93. The normalized spacial score (nSPS) is 18.1. The summed E-state index contributed by atoms with van der Waals surface area (Å²) in [4.78, 5) is 0. The van der Waals surface area contributed by atoms with E-state index in [0.717, 1.165) is 29.3 Å². The second-order valence-corrected chi connectivity index (χ2v) is 5.02. The fraction of sp³-hybridized carbons (Fsp3) is 0.455. The van der Waals surface area contributed by atoms with Crippen molar-refractivity contribution in [2.45, 2.75) is 19.3 Å². The molecule has 0 aromatic heterocycles. The van der Waals surface area contributed by atoms with Gasteiger partial charge in [0.2, 0.25) is 0 Å². The van der Waals surface area contributed by atoms with Crippen molar-refractivity contribution < 1.29 is 10.2 Å². The van der Waals surface area contributed by atoms with Crippen molar-refractivity contribution in [3.63, 3.8) is 0 Å². The maximum atomic E-state index is 9.67. The summed E-state index contributed by atoms with van der Waals surface area (Å²) in [7, 11) is 0. The molecule has 0 bridgehead atoms. The third-order valence-electron chi connectivity index (χ3n) is 2.91. The molecule has 14 heavy (non-hydrogen) atoms. The highest BCUT2D eigenvalue weighted by Gasteiger charge is 2.42. The number of rotatable bonds is 3. The first-order chi connectivity index (χ1) is 6.65. The summed E-state index contributed by atoms with van der Waals surface area (Å²) < 4.78 is 0.882. The zero-order chi connectivity index (χ0) is 10.2. The Bertz CT molecular complexity index is 345. The van der Waals surface area contributed by atoms with E-state index in [-0.39, 0.29) is 12.0 Å². The molecule has 3 heteroatoms. The van der Waals surface area contributed by atoms with Gasteiger partial charge < -0.3 is 10.2 Å². The van der Waals surface area contributed by atoms with Crippen molar-refractivity contribution in [1.29, 1.82) is 0 Å². The summed E-state index contributed by atoms with van der Waals surface area (Å²) in [6, 6.07) is 5.53. The van der Waals surface area contributed by atoms with E-state index in [1.165, 1.54) is 0 Å². The van der Waals surface area contributed by atoms with E-state index in [4.69, 9.17) is 0 Å². The van der Waals surface area contributed by atoms with Crippen LogP contribution >= 0.6 is 15.9 Å². The molecule has 2 N–H and O–H groups in total. The number of aromatic hydroxyl groups is 1. The molecule has 0 spiro atoms. The largest absolute Gasteiger partial charge is 0.508 e. The molecule has 0 radical (unpaired) electrons. The van der Waals surface area contributed by atoms with Gasteiger partial charge in [-0.25, -0.2) is 0 Å². The Morgan fingerprint density at radius 2 is 2.07 bits per heavy atom. The quantitative estimate of drug-likeness (QED) is 0.873. The lowest BCUT2D eigenvalue weighted by Crippen LogP contribution is -2.10. The minimum absolute atomic E-state index is 0.0608. The number of phenolic OH excluding ortho intramolecular Hbond substituents is 1. The SMILES string of the molecule is OCC1(Cc2ccc(Br)cc2O)CC1. The molecule has 1 aliphatic carbocycles. The predicted octanol–water partition coefficient (Wildman–Crippen LogP) is 2.47. The van der Waals surface area contributed by atoms with E-state index in [1.807, 2.05) is 12.1 Å². The fourth-order valence-corrected chi connectivity index (χ4v) is 2.01. The van der Waals surface area contributed by atoms with E-state index < -0.39 is 0 Å². The van der Waals surface area contributed by atoms with Gasteiger partial charge in [-0.2, -0.15) is 0 Å². The summed E-state index contributed by atoms with van der Waals surface area (Å²) in [5.41, 5.74) is 0.991. The molecular weight excluding hydrogens is 244 g/mol. The van der Waals surface area contributed by atoms with E-state index >= 15 is 0 Å². The Balaban J connectivity index is 2.17. The molecule has 0 saturated heterocycles. The maximum absolute atomic E-state index is 9.67. The van der Waals surface area contributed by atoms with Crippen molar-refractivity contribution in [2.75, 3.05) is 6.61 Å². The molecule has 2 nitrogen and oxygen atoms in total. The van der Waals surface area contributed by atoms with Gasteiger partial charge >= 0.3 is 0 Å². The van der Waals surface area contributed by atoms with Gasteiger partial charge in [-0.1, -0.05) is 22.0 Å². The van der Waals surface area contributed by atoms with Crippen LogP contribution in [0.3, 0.4) is 0 Å². The van der Waals surface area contributed by atoms with Crippen LogP contribution in [0.25, 0.3) is 0 Å². The molecule has 1 aromatic rings. The van der Waals surface area contributed by atoms with E-state index in [1.54, 1.807) is 6.07 Å². The van der Waals surface area contributed by atoms with Crippen LogP contribution in [0.1, 0.15) is 18.4 Å². The van der Waals surface area contributed by atoms with Gasteiger partial charge in [0.05, 0.1) is 0 Å². The highest BCUT2D eigenvalue weighted by atomic mass is 79.9. The molecule has 1 fully saturated rings. The van der Waals surface area contributed by atoms with E-state index in [2.05, 4.69) is 15.9 Å². The second-order valence-electron chi connectivity index (χ2n) is 4.11. The average molecular weight is 257 g/mol. The molecule has 0 atom stereocenters. The van der Waals surface area contributed by atoms with Gasteiger partial charge in [0.15, 0.2) is 0 Å². The number of hydrogen-bond acceptors (Lipinski definition) is 2. The van der Waals surface area contributed by atoms with Gasteiger partial charge in [-0.3, -0.25) is 0 Å². The topological polar surface area (TPSA) is 40.5 Å². The van der Waals surface area contributed by atoms with Gasteiger partial charge in [0, 0.05) is 11.1 Å².